The van der Waals surface area contributed by atoms with Gasteiger partial charge in [0.25, 0.3) is 0 Å². The lowest BCUT2D eigenvalue weighted by molar-refractivity contribution is -0.167. The summed E-state index contributed by atoms with van der Waals surface area (Å²) < 4.78 is 16.7. The summed E-state index contributed by atoms with van der Waals surface area (Å²) in [6.07, 6.45) is 43.8. The third-order valence-electron chi connectivity index (χ3n) is 11.8. The van der Waals surface area contributed by atoms with Crippen molar-refractivity contribution in [1.29, 1.82) is 0 Å². The van der Waals surface area contributed by atoms with E-state index in [0.29, 0.717) is 19.3 Å². The van der Waals surface area contributed by atoms with Crippen molar-refractivity contribution in [2.75, 3.05) is 13.2 Å². The van der Waals surface area contributed by atoms with Crippen LogP contribution in [0, 0.1) is 11.8 Å². The van der Waals surface area contributed by atoms with Crippen LogP contribution in [-0.4, -0.2) is 37.2 Å². The molecule has 0 aromatic carbocycles. The van der Waals surface area contributed by atoms with Crippen molar-refractivity contribution in [3.8, 4) is 0 Å². The van der Waals surface area contributed by atoms with E-state index in [0.717, 1.165) is 69.6 Å². The fourth-order valence-electron chi connectivity index (χ4n) is 7.60. The molecule has 0 aromatic heterocycles. The Bertz CT molecular complexity index is 872. The van der Waals surface area contributed by atoms with Crippen molar-refractivity contribution in [2.45, 2.75) is 285 Å². The van der Waals surface area contributed by atoms with Crippen LogP contribution in [0.15, 0.2) is 0 Å². The first-order chi connectivity index (χ1) is 27.8. The normalized spacial score (nSPS) is 12.5. The van der Waals surface area contributed by atoms with Crippen LogP contribution in [0.4, 0.5) is 0 Å². The lowest BCUT2D eigenvalue weighted by Gasteiger charge is -2.18. The van der Waals surface area contributed by atoms with Gasteiger partial charge in [0.2, 0.25) is 0 Å². The summed E-state index contributed by atoms with van der Waals surface area (Å²) in [5, 5.41) is 0. The Hall–Kier alpha value is -1.59. The van der Waals surface area contributed by atoms with Gasteiger partial charge in [0.15, 0.2) is 6.10 Å². The molecule has 0 aliphatic heterocycles. The summed E-state index contributed by atoms with van der Waals surface area (Å²) in [5.41, 5.74) is 0. The van der Waals surface area contributed by atoms with Crippen LogP contribution in [0.25, 0.3) is 0 Å². The van der Waals surface area contributed by atoms with E-state index in [-0.39, 0.29) is 31.1 Å². The molecular weight excluding hydrogens is 709 g/mol. The maximum Gasteiger partial charge on any atom is 0.306 e. The Labute approximate surface area is 355 Å². The lowest BCUT2D eigenvalue weighted by Crippen LogP contribution is -2.30. The van der Waals surface area contributed by atoms with Gasteiger partial charge in [-0.15, -0.1) is 0 Å². The highest BCUT2D eigenvalue weighted by molar-refractivity contribution is 5.71. The minimum Gasteiger partial charge on any atom is -0.462 e. The van der Waals surface area contributed by atoms with E-state index in [4.69, 9.17) is 14.2 Å². The van der Waals surface area contributed by atoms with E-state index in [1.807, 2.05) is 0 Å². The Morgan fingerprint density at radius 1 is 0.368 bits per heavy atom. The van der Waals surface area contributed by atoms with Gasteiger partial charge in [0.1, 0.15) is 13.2 Å². The second kappa shape index (κ2) is 44.0. The van der Waals surface area contributed by atoms with Crippen molar-refractivity contribution < 1.29 is 28.6 Å². The zero-order chi connectivity index (χ0) is 41.9. The first kappa shape index (κ1) is 55.4. The van der Waals surface area contributed by atoms with Gasteiger partial charge in [-0.2, -0.15) is 0 Å². The van der Waals surface area contributed by atoms with E-state index < -0.39 is 6.10 Å². The molecule has 57 heavy (non-hydrogen) atoms. The molecule has 338 valence electrons. The Morgan fingerprint density at radius 3 is 1.00 bits per heavy atom. The van der Waals surface area contributed by atoms with Gasteiger partial charge in [0, 0.05) is 19.3 Å². The van der Waals surface area contributed by atoms with Gasteiger partial charge in [-0.3, -0.25) is 14.4 Å². The average Bonchev–Trinajstić information content (AvgIpc) is 3.19. The Kier molecular flexibility index (Phi) is 42.7. The summed E-state index contributed by atoms with van der Waals surface area (Å²) in [6, 6.07) is 0. The number of ether oxygens (including phenoxy) is 3. The number of hydrogen-bond donors (Lipinski definition) is 0. The first-order valence-electron chi connectivity index (χ1n) is 25.3. The zero-order valence-electron chi connectivity index (χ0n) is 39.0. The van der Waals surface area contributed by atoms with Crippen LogP contribution in [-0.2, 0) is 28.6 Å². The fourth-order valence-corrected chi connectivity index (χ4v) is 7.60. The average molecular weight is 807 g/mol. The number of rotatable bonds is 45. The van der Waals surface area contributed by atoms with Gasteiger partial charge < -0.3 is 14.2 Å². The number of carbonyl (C=O) groups excluding carboxylic acids is 3. The highest BCUT2D eigenvalue weighted by Crippen LogP contribution is 2.18. The second-order valence-corrected chi connectivity index (χ2v) is 18.2. The maximum absolute atomic E-state index is 12.7. The van der Waals surface area contributed by atoms with Gasteiger partial charge >= 0.3 is 17.9 Å². The maximum atomic E-state index is 12.7. The highest BCUT2D eigenvalue weighted by atomic mass is 16.6. The number of hydrogen-bond acceptors (Lipinski definition) is 6. The molecule has 0 fully saturated rings. The quantitative estimate of drug-likeness (QED) is 0.0346. The smallest absolute Gasteiger partial charge is 0.306 e. The van der Waals surface area contributed by atoms with Gasteiger partial charge in [0.05, 0.1) is 0 Å². The molecule has 0 aromatic rings. The molecule has 0 saturated carbocycles. The predicted octanol–water partition coefficient (Wildman–Crippen LogP) is 16.1. The summed E-state index contributed by atoms with van der Waals surface area (Å²) >= 11 is 0. The molecule has 0 aliphatic carbocycles. The summed E-state index contributed by atoms with van der Waals surface area (Å²) in [7, 11) is 0. The molecule has 0 aliphatic rings. The van der Waals surface area contributed by atoms with Crippen LogP contribution >= 0.6 is 0 Å². The van der Waals surface area contributed by atoms with Crippen LogP contribution in [0.2, 0.25) is 0 Å². The molecule has 0 bridgehead atoms. The predicted molar refractivity (Wildman–Crippen MR) is 243 cm³/mol. The standard InChI is InChI=1S/C51H98O6/c1-6-8-9-10-24-31-36-41-49(52)55-44-48(57-51(54)43-38-33-28-23-19-18-21-26-30-35-40-47(5)7-2)45-56-50(53)42-37-32-27-22-17-15-13-11-12-14-16-20-25-29-34-39-46(3)4/h46-48H,6-45H2,1-5H3/t47?,48-/m1/s1. The third kappa shape index (κ3) is 43.8. The molecule has 1 unspecified atom stereocenters. The molecule has 0 N–H and O–H groups in total. The van der Waals surface area contributed by atoms with Gasteiger partial charge in [-0.25, -0.2) is 0 Å². The van der Waals surface area contributed by atoms with E-state index in [9.17, 15) is 14.4 Å². The van der Waals surface area contributed by atoms with E-state index in [1.165, 1.54) is 167 Å². The van der Waals surface area contributed by atoms with Crippen LogP contribution in [0.3, 0.4) is 0 Å². The number of carbonyl (C=O) groups is 3. The Balaban J connectivity index is 4.20. The summed E-state index contributed by atoms with van der Waals surface area (Å²) in [5.74, 6) is 0.860. The van der Waals surface area contributed by atoms with Crippen LogP contribution in [0.1, 0.15) is 279 Å². The monoisotopic (exact) mass is 807 g/mol. The minimum absolute atomic E-state index is 0.0643. The molecule has 0 saturated heterocycles. The molecule has 0 radical (unpaired) electrons. The molecule has 0 spiro atoms. The third-order valence-corrected chi connectivity index (χ3v) is 11.8. The van der Waals surface area contributed by atoms with Gasteiger partial charge in [-0.05, 0) is 31.1 Å². The fraction of sp³-hybridized carbons (Fsp3) is 0.941. The topological polar surface area (TPSA) is 78.9 Å². The van der Waals surface area contributed by atoms with Gasteiger partial charge in [-0.1, -0.05) is 240 Å². The van der Waals surface area contributed by atoms with Crippen molar-refractivity contribution >= 4 is 17.9 Å². The van der Waals surface area contributed by atoms with Crippen LogP contribution in [0.5, 0.6) is 0 Å². The molecule has 6 heteroatoms. The molecule has 6 nitrogen and oxygen atoms in total. The molecule has 0 amide bonds. The summed E-state index contributed by atoms with van der Waals surface area (Å²) in [4.78, 5) is 37.7. The van der Waals surface area contributed by atoms with Crippen LogP contribution < -0.4 is 0 Å². The van der Waals surface area contributed by atoms with Crippen molar-refractivity contribution in [3.63, 3.8) is 0 Å². The number of esters is 3. The van der Waals surface area contributed by atoms with Crippen molar-refractivity contribution in [1.82, 2.24) is 0 Å². The zero-order valence-corrected chi connectivity index (χ0v) is 39.0. The van der Waals surface area contributed by atoms with Crippen molar-refractivity contribution in [2.24, 2.45) is 11.8 Å². The molecule has 0 rings (SSSR count). The van der Waals surface area contributed by atoms with E-state index in [2.05, 4.69) is 34.6 Å². The highest BCUT2D eigenvalue weighted by Gasteiger charge is 2.19. The van der Waals surface area contributed by atoms with Crippen molar-refractivity contribution in [3.05, 3.63) is 0 Å². The SMILES string of the molecule is CCCCCCCCCC(=O)OC[C@H](COC(=O)CCCCCCCCCCCCCCCCCC(C)C)OC(=O)CCCCCCCCCCCCC(C)CC. The first-order valence-corrected chi connectivity index (χ1v) is 25.3. The second-order valence-electron chi connectivity index (χ2n) is 18.2. The molecule has 0 heterocycles. The largest absolute Gasteiger partial charge is 0.462 e. The number of unbranched alkanes of at least 4 members (excludes halogenated alkanes) is 29. The molecular formula is C51H98O6. The van der Waals surface area contributed by atoms with E-state index >= 15 is 0 Å². The van der Waals surface area contributed by atoms with E-state index in [1.54, 1.807) is 0 Å². The lowest BCUT2D eigenvalue weighted by atomic mass is 9.99. The summed E-state index contributed by atoms with van der Waals surface area (Å²) in [6.45, 7) is 11.4. The molecule has 2 atom stereocenters. The Morgan fingerprint density at radius 2 is 0.667 bits per heavy atom. The minimum atomic E-state index is -0.760.